The third-order valence-corrected chi connectivity index (χ3v) is 4.60. The molecule has 0 bridgehead atoms. The van der Waals surface area contributed by atoms with E-state index in [4.69, 9.17) is 5.14 Å². The summed E-state index contributed by atoms with van der Waals surface area (Å²) in [6.07, 6.45) is 0. The molecule has 2 aromatic rings. The molecule has 0 aliphatic heterocycles. The SMILES string of the molecule is CC(Nc1ccc(S(N)(=O)=O)cc1Br)c1ccc(O)cc1. The van der Waals surface area contributed by atoms with Gasteiger partial charge in [-0.3, -0.25) is 0 Å². The van der Waals surface area contributed by atoms with E-state index in [1.54, 1.807) is 18.2 Å². The number of primary sulfonamides is 1. The summed E-state index contributed by atoms with van der Waals surface area (Å²) in [4.78, 5) is 0.0530. The molecule has 112 valence electrons. The maximum Gasteiger partial charge on any atom is 0.238 e. The molecular weight excluding hydrogens is 356 g/mol. The Balaban J connectivity index is 2.22. The van der Waals surface area contributed by atoms with Crippen molar-refractivity contribution in [3.63, 3.8) is 0 Å². The molecule has 21 heavy (non-hydrogen) atoms. The van der Waals surface area contributed by atoms with Gasteiger partial charge in [0, 0.05) is 16.2 Å². The lowest BCUT2D eigenvalue weighted by atomic mass is 10.1. The van der Waals surface area contributed by atoms with Gasteiger partial charge in [0.1, 0.15) is 5.75 Å². The van der Waals surface area contributed by atoms with Gasteiger partial charge in [-0.25, -0.2) is 13.6 Å². The summed E-state index contributed by atoms with van der Waals surface area (Å²) in [5.74, 6) is 0.213. The van der Waals surface area contributed by atoms with E-state index >= 15 is 0 Å². The zero-order valence-corrected chi connectivity index (χ0v) is 13.6. The summed E-state index contributed by atoms with van der Waals surface area (Å²) in [7, 11) is -3.71. The van der Waals surface area contributed by atoms with Crippen molar-refractivity contribution in [2.24, 2.45) is 5.14 Å². The van der Waals surface area contributed by atoms with Gasteiger partial charge >= 0.3 is 0 Å². The van der Waals surface area contributed by atoms with Gasteiger partial charge in [-0.15, -0.1) is 0 Å². The quantitative estimate of drug-likeness (QED) is 0.771. The van der Waals surface area contributed by atoms with E-state index in [1.807, 2.05) is 19.1 Å². The number of phenolic OH excluding ortho intramolecular Hbond substituents is 1. The lowest BCUT2D eigenvalue weighted by Crippen LogP contribution is -2.12. The molecule has 2 aromatic carbocycles. The summed E-state index contributed by atoms with van der Waals surface area (Å²) in [6, 6.07) is 11.4. The molecular formula is C14H15BrN2O3S. The van der Waals surface area contributed by atoms with Gasteiger partial charge in [-0.2, -0.15) is 0 Å². The van der Waals surface area contributed by atoms with Crippen LogP contribution in [0.5, 0.6) is 5.75 Å². The highest BCUT2D eigenvalue weighted by atomic mass is 79.9. The number of nitrogens with one attached hydrogen (secondary N) is 1. The molecule has 1 unspecified atom stereocenters. The van der Waals surface area contributed by atoms with Crippen LogP contribution in [0.15, 0.2) is 51.8 Å². The van der Waals surface area contributed by atoms with Crippen molar-refractivity contribution in [1.29, 1.82) is 0 Å². The fraction of sp³-hybridized carbons (Fsp3) is 0.143. The van der Waals surface area contributed by atoms with Crippen molar-refractivity contribution in [3.05, 3.63) is 52.5 Å². The molecule has 0 aromatic heterocycles. The topological polar surface area (TPSA) is 92.4 Å². The Kier molecular flexibility index (Phi) is 4.55. The minimum Gasteiger partial charge on any atom is -0.508 e. The van der Waals surface area contributed by atoms with Crippen LogP contribution in [0.1, 0.15) is 18.5 Å². The Morgan fingerprint density at radius 1 is 1.19 bits per heavy atom. The van der Waals surface area contributed by atoms with E-state index in [1.165, 1.54) is 12.1 Å². The molecule has 0 aliphatic rings. The first-order valence-corrected chi connectivity index (χ1v) is 8.49. The molecule has 2 rings (SSSR count). The highest BCUT2D eigenvalue weighted by molar-refractivity contribution is 9.10. The minimum absolute atomic E-state index is 0.0118. The van der Waals surface area contributed by atoms with Crippen LogP contribution in [-0.2, 0) is 10.0 Å². The second-order valence-electron chi connectivity index (χ2n) is 4.64. The van der Waals surface area contributed by atoms with E-state index < -0.39 is 10.0 Å². The van der Waals surface area contributed by atoms with E-state index in [2.05, 4.69) is 21.2 Å². The predicted octanol–water partition coefficient (Wildman–Crippen LogP) is 2.98. The van der Waals surface area contributed by atoms with Crippen molar-refractivity contribution >= 4 is 31.6 Å². The third-order valence-electron chi connectivity index (χ3n) is 3.03. The highest BCUT2D eigenvalue weighted by Gasteiger charge is 2.12. The molecule has 0 saturated carbocycles. The van der Waals surface area contributed by atoms with Gasteiger partial charge in [0.25, 0.3) is 0 Å². The number of sulfonamides is 1. The van der Waals surface area contributed by atoms with Gasteiger partial charge in [-0.05, 0) is 58.7 Å². The molecule has 0 aliphatic carbocycles. The molecule has 7 heteroatoms. The maximum absolute atomic E-state index is 11.3. The van der Waals surface area contributed by atoms with E-state index in [-0.39, 0.29) is 16.7 Å². The Bertz CT molecular complexity index is 745. The average Bonchev–Trinajstić information content (AvgIpc) is 2.40. The summed E-state index contributed by atoms with van der Waals surface area (Å²) in [6.45, 7) is 1.96. The first-order valence-electron chi connectivity index (χ1n) is 6.15. The Hall–Kier alpha value is -1.57. The van der Waals surface area contributed by atoms with Crippen molar-refractivity contribution in [2.75, 3.05) is 5.32 Å². The fourth-order valence-electron chi connectivity index (χ4n) is 1.87. The number of hydrogen-bond donors (Lipinski definition) is 3. The number of phenols is 1. The number of hydrogen-bond acceptors (Lipinski definition) is 4. The van der Waals surface area contributed by atoms with Crippen LogP contribution in [0.2, 0.25) is 0 Å². The number of aromatic hydroxyl groups is 1. The standard InChI is InChI=1S/C14H15BrN2O3S/c1-9(10-2-4-11(18)5-3-10)17-14-7-6-12(8-13(14)15)21(16,19)20/h2-9,17-18H,1H3,(H2,16,19,20). The van der Waals surface area contributed by atoms with Gasteiger partial charge < -0.3 is 10.4 Å². The van der Waals surface area contributed by atoms with Gasteiger partial charge in [0.05, 0.1) is 4.90 Å². The van der Waals surface area contributed by atoms with Crippen LogP contribution in [0.25, 0.3) is 0 Å². The zero-order chi connectivity index (χ0) is 15.6. The van der Waals surface area contributed by atoms with E-state index in [0.717, 1.165) is 11.3 Å². The molecule has 0 saturated heterocycles. The lowest BCUT2D eigenvalue weighted by molar-refractivity contribution is 0.475. The monoisotopic (exact) mass is 370 g/mol. The molecule has 0 fully saturated rings. The summed E-state index contributed by atoms with van der Waals surface area (Å²) < 4.78 is 23.2. The average molecular weight is 371 g/mol. The molecule has 0 radical (unpaired) electrons. The third kappa shape index (κ3) is 3.96. The van der Waals surface area contributed by atoms with Crippen molar-refractivity contribution in [1.82, 2.24) is 0 Å². The van der Waals surface area contributed by atoms with Crippen LogP contribution in [-0.4, -0.2) is 13.5 Å². The van der Waals surface area contributed by atoms with Crippen LogP contribution >= 0.6 is 15.9 Å². The molecule has 4 N–H and O–H groups in total. The Labute approximate surface area is 132 Å². The number of halogens is 1. The Morgan fingerprint density at radius 2 is 1.81 bits per heavy atom. The predicted molar refractivity (Wildman–Crippen MR) is 85.7 cm³/mol. The molecule has 1 atom stereocenters. The summed E-state index contributed by atoms with van der Waals surface area (Å²) in [5.41, 5.74) is 1.75. The number of nitrogens with two attached hydrogens (primary N) is 1. The molecule has 0 heterocycles. The maximum atomic E-state index is 11.3. The first-order chi connectivity index (χ1) is 9.77. The second-order valence-corrected chi connectivity index (χ2v) is 7.06. The number of benzene rings is 2. The zero-order valence-electron chi connectivity index (χ0n) is 11.2. The normalized spacial score (nSPS) is 12.9. The van der Waals surface area contributed by atoms with Crippen LogP contribution in [0.4, 0.5) is 5.69 Å². The minimum atomic E-state index is -3.71. The Morgan fingerprint density at radius 3 is 2.33 bits per heavy atom. The van der Waals surface area contributed by atoms with Gasteiger partial charge in [-0.1, -0.05) is 12.1 Å². The first kappa shape index (κ1) is 15.8. The van der Waals surface area contributed by atoms with Gasteiger partial charge in [0.15, 0.2) is 0 Å². The second kappa shape index (κ2) is 6.05. The van der Waals surface area contributed by atoms with E-state index in [9.17, 15) is 13.5 Å². The highest BCUT2D eigenvalue weighted by Crippen LogP contribution is 2.29. The summed E-state index contributed by atoms with van der Waals surface area (Å²) in [5, 5.41) is 17.6. The van der Waals surface area contributed by atoms with E-state index in [0.29, 0.717) is 4.47 Å². The molecule has 0 spiro atoms. The van der Waals surface area contributed by atoms with Crippen LogP contribution < -0.4 is 10.5 Å². The number of rotatable bonds is 4. The van der Waals surface area contributed by atoms with Gasteiger partial charge in [0.2, 0.25) is 10.0 Å². The van der Waals surface area contributed by atoms with Crippen molar-refractivity contribution in [2.45, 2.75) is 17.9 Å². The smallest absolute Gasteiger partial charge is 0.238 e. The molecule has 5 nitrogen and oxygen atoms in total. The van der Waals surface area contributed by atoms with Crippen molar-refractivity contribution in [3.8, 4) is 5.75 Å². The summed E-state index contributed by atoms with van der Waals surface area (Å²) >= 11 is 3.33. The largest absolute Gasteiger partial charge is 0.508 e. The molecule has 0 amide bonds. The lowest BCUT2D eigenvalue weighted by Gasteiger charge is -2.17. The number of anilines is 1. The fourth-order valence-corrected chi connectivity index (χ4v) is 3.05. The van der Waals surface area contributed by atoms with Crippen molar-refractivity contribution < 1.29 is 13.5 Å². The van der Waals surface area contributed by atoms with Crippen LogP contribution in [0.3, 0.4) is 0 Å². The van der Waals surface area contributed by atoms with Crippen LogP contribution in [0, 0.1) is 0 Å².